The Hall–Kier alpha value is -2.08. The minimum absolute atomic E-state index is 0.114. The number of carbonyl (C=O) groups is 1. The molecule has 2 aromatic carbocycles. The van der Waals surface area contributed by atoms with Crippen molar-refractivity contribution in [2.45, 2.75) is 39.8 Å². The number of rotatable bonds is 4. The summed E-state index contributed by atoms with van der Waals surface area (Å²) in [6.07, 6.45) is 1.20. The van der Waals surface area contributed by atoms with Gasteiger partial charge < -0.3 is 15.1 Å². The molecule has 5 nitrogen and oxygen atoms in total. The van der Waals surface area contributed by atoms with Crippen molar-refractivity contribution in [3.8, 4) is 0 Å². The Kier molecular flexibility index (Phi) is 7.62. The highest BCUT2D eigenvalue weighted by Crippen LogP contribution is 2.33. The Morgan fingerprint density at radius 3 is 2.39 bits per heavy atom. The molecule has 2 heterocycles. The zero-order chi connectivity index (χ0) is 23.4. The Balaban J connectivity index is 1.55. The normalized spacial score (nSPS) is 20.5. The fraction of sp³-hybridized carbons (Fsp3) is 0.519. The van der Waals surface area contributed by atoms with E-state index in [4.69, 9.17) is 11.6 Å². The van der Waals surface area contributed by atoms with Gasteiger partial charge in [-0.15, -0.1) is 0 Å². The van der Waals surface area contributed by atoms with Gasteiger partial charge in [-0.25, -0.2) is 0 Å². The topological polar surface area (TPSA) is 38.8 Å². The second-order valence-corrected chi connectivity index (χ2v) is 10.7. The van der Waals surface area contributed by atoms with E-state index in [1.165, 1.54) is 17.5 Å². The Morgan fingerprint density at radius 1 is 0.970 bits per heavy atom. The quantitative estimate of drug-likeness (QED) is 0.713. The van der Waals surface area contributed by atoms with Crippen molar-refractivity contribution in [2.24, 2.45) is 5.41 Å². The lowest BCUT2D eigenvalue weighted by molar-refractivity contribution is -0.140. The van der Waals surface area contributed by atoms with Gasteiger partial charge in [0.25, 0.3) is 0 Å². The van der Waals surface area contributed by atoms with Gasteiger partial charge in [-0.3, -0.25) is 9.69 Å². The lowest BCUT2D eigenvalue weighted by Crippen LogP contribution is -2.53. The van der Waals surface area contributed by atoms with Crippen LogP contribution in [0.3, 0.4) is 0 Å². The highest BCUT2D eigenvalue weighted by Gasteiger charge is 2.35. The summed E-state index contributed by atoms with van der Waals surface area (Å²) in [5.41, 5.74) is 3.36. The number of nitrogens with zero attached hydrogens (tertiary/aromatic N) is 3. The third-order valence-corrected chi connectivity index (χ3v) is 6.92. The monoisotopic (exact) mass is 468 g/mol. The number of benzene rings is 2. The minimum atomic E-state index is -0.376. The number of hydrogen-bond donors (Lipinski definition) is 1. The molecule has 2 aromatic rings. The number of amides is 1. The van der Waals surface area contributed by atoms with Crippen LogP contribution in [0.1, 0.15) is 44.4 Å². The average Bonchev–Trinajstić information content (AvgIpc) is 3.07. The maximum atomic E-state index is 13.1. The van der Waals surface area contributed by atoms with Crippen LogP contribution in [0.25, 0.3) is 0 Å². The van der Waals surface area contributed by atoms with Crippen molar-refractivity contribution < 1.29 is 4.79 Å². The Morgan fingerprint density at radius 2 is 1.70 bits per heavy atom. The summed E-state index contributed by atoms with van der Waals surface area (Å²) in [5, 5.41) is 4.22. The maximum absolute atomic E-state index is 13.1. The van der Waals surface area contributed by atoms with Crippen LogP contribution in [0.15, 0.2) is 48.5 Å². The SMILES string of the molecule is CC(C)(C)C(=O)N1CCN(c2ccc(Cl)cc2)[C@H](c2ccc(CN3CCCNCC3)cc2)C1. The average molecular weight is 469 g/mol. The second kappa shape index (κ2) is 10.5. The van der Waals surface area contributed by atoms with E-state index in [9.17, 15) is 4.79 Å². The first-order valence-electron chi connectivity index (χ1n) is 12.1. The summed E-state index contributed by atoms with van der Waals surface area (Å²) in [6, 6.07) is 17.2. The summed E-state index contributed by atoms with van der Waals surface area (Å²) in [6.45, 7) is 13.6. The minimum Gasteiger partial charge on any atom is -0.361 e. The fourth-order valence-corrected chi connectivity index (χ4v) is 4.96. The van der Waals surface area contributed by atoms with Crippen molar-refractivity contribution in [3.63, 3.8) is 0 Å². The van der Waals surface area contributed by atoms with Crippen LogP contribution in [0.2, 0.25) is 5.02 Å². The van der Waals surface area contributed by atoms with Crippen LogP contribution in [0.4, 0.5) is 5.69 Å². The zero-order valence-corrected chi connectivity index (χ0v) is 20.9. The molecule has 0 spiro atoms. The molecule has 1 amide bonds. The van der Waals surface area contributed by atoms with E-state index < -0.39 is 0 Å². The molecule has 0 bridgehead atoms. The molecule has 2 fully saturated rings. The number of hydrogen-bond acceptors (Lipinski definition) is 4. The lowest BCUT2D eigenvalue weighted by atomic mass is 9.92. The van der Waals surface area contributed by atoms with E-state index in [2.05, 4.69) is 51.5 Å². The molecule has 0 saturated carbocycles. The molecular weight excluding hydrogens is 432 g/mol. The summed E-state index contributed by atoms with van der Waals surface area (Å²) in [5.74, 6) is 0.217. The molecule has 0 aromatic heterocycles. The van der Waals surface area contributed by atoms with Gasteiger partial charge >= 0.3 is 0 Å². The van der Waals surface area contributed by atoms with E-state index >= 15 is 0 Å². The van der Waals surface area contributed by atoms with Crippen molar-refractivity contribution in [1.82, 2.24) is 15.1 Å². The van der Waals surface area contributed by atoms with Crippen LogP contribution in [0, 0.1) is 5.41 Å². The zero-order valence-electron chi connectivity index (χ0n) is 20.2. The van der Waals surface area contributed by atoms with Gasteiger partial charge in [0.1, 0.15) is 0 Å². The summed E-state index contributed by atoms with van der Waals surface area (Å²) in [4.78, 5) is 20.0. The molecule has 2 saturated heterocycles. The maximum Gasteiger partial charge on any atom is 0.228 e. The molecule has 178 valence electrons. The molecule has 4 rings (SSSR count). The molecule has 33 heavy (non-hydrogen) atoms. The van der Waals surface area contributed by atoms with Gasteiger partial charge in [-0.05, 0) is 54.9 Å². The standard InChI is InChI=1S/C27H37ClN4O/c1-27(2,3)26(33)31-17-18-32(24-11-9-23(28)10-12-24)25(20-31)22-7-5-21(6-8-22)19-30-15-4-13-29-14-16-30/h5-12,25,29H,4,13-20H2,1-3H3/t25-/m0/s1. The molecule has 0 unspecified atom stereocenters. The van der Waals surface area contributed by atoms with Crippen LogP contribution >= 0.6 is 11.6 Å². The Labute approximate surface area is 203 Å². The molecule has 2 aliphatic heterocycles. The molecule has 6 heteroatoms. The predicted molar refractivity (Wildman–Crippen MR) is 137 cm³/mol. The van der Waals surface area contributed by atoms with E-state index in [0.29, 0.717) is 6.54 Å². The van der Waals surface area contributed by atoms with E-state index in [0.717, 1.165) is 56.5 Å². The van der Waals surface area contributed by atoms with Gasteiger partial charge in [-0.1, -0.05) is 56.6 Å². The van der Waals surface area contributed by atoms with Crippen LogP contribution in [0.5, 0.6) is 0 Å². The van der Waals surface area contributed by atoms with Gasteiger partial charge in [0.2, 0.25) is 5.91 Å². The van der Waals surface area contributed by atoms with Crippen molar-refractivity contribution in [1.29, 1.82) is 0 Å². The third-order valence-electron chi connectivity index (χ3n) is 6.67. The molecule has 1 N–H and O–H groups in total. The van der Waals surface area contributed by atoms with E-state index in [1.807, 2.05) is 37.8 Å². The molecule has 0 aliphatic carbocycles. The number of nitrogens with one attached hydrogen (secondary N) is 1. The summed E-state index contributed by atoms with van der Waals surface area (Å²) >= 11 is 6.15. The first-order valence-corrected chi connectivity index (χ1v) is 12.5. The van der Waals surface area contributed by atoms with Crippen LogP contribution in [-0.2, 0) is 11.3 Å². The molecule has 2 aliphatic rings. The molecule has 1 atom stereocenters. The number of halogens is 1. The summed E-state index contributed by atoms with van der Waals surface area (Å²) < 4.78 is 0. The van der Waals surface area contributed by atoms with Crippen LogP contribution in [-0.4, -0.2) is 61.5 Å². The first kappa shape index (κ1) is 24.1. The lowest BCUT2D eigenvalue weighted by Gasteiger charge is -2.44. The molecule has 0 radical (unpaired) electrons. The largest absolute Gasteiger partial charge is 0.361 e. The highest BCUT2D eigenvalue weighted by atomic mass is 35.5. The van der Waals surface area contributed by atoms with Crippen molar-refractivity contribution in [2.75, 3.05) is 50.7 Å². The highest BCUT2D eigenvalue weighted by molar-refractivity contribution is 6.30. The first-order chi connectivity index (χ1) is 15.8. The molecular formula is C27H37ClN4O. The number of anilines is 1. The number of carbonyl (C=O) groups excluding carboxylic acids is 1. The van der Waals surface area contributed by atoms with Crippen molar-refractivity contribution in [3.05, 3.63) is 64.7 Å². The van der Waals surface area contributed by atoms with Gasteiger partial charge in [0.05, 0.1) is 6.04 Å². The predicted octanol–water partition coefficient (Wildman–Crippen LogP) is 4.57. The van der Waals surface area contributed by atoms with Crippen molar-refractivity contribution >= 4 is 23.2 Å². The van der Waals surface area contributed by atoms with Crippen LogP contribution < -0.4 is 10.2 Å². The third kappa shape index (κ3) is 6.08. The van der Waals surface area contributed by atoms with Gasteiger partial charge in [0, 0.05) is 55.4 Å². The second-order valence-electron chi connectivity index (χ2n) is 10.3. The van der Waals surface area contributed by atoms with E-state index in [-0.39, 0.29) is 17.4 Å². The Bertz CT molecular complexity index is 915. The smallest absolute Gasteiger partial charge is 0.228 e. The van der Waals surface area contributed by atoms with Gasteiger partial charge in [0.15, 0.2) is 0 Å². The van der Waals surface area contributed by atoms with Gasteiger partial charge in [-0.2, -0.15) is 0 Å². The van der Waals surface area contributed by atoms with E-state index in [1.54, 1.807) is 0 Å². The number of piperazine rings is 1. The summed E-state index contributed by atoms with van der Waals surface area (Å²) in [7, 11) is 0. The fourth-order valence-electron chi connectivity index (χ4n) is 4.83.